The normalized spacial score (nSPS) is 26.6. The first kappa shape index (κ1) is 15.0. The lowest BCUT2D eigenvalue weighted by molar-refractivity contribution is 0.231. The van der Waals surface area contributed by atoms with Crippen molar-refractivity contribution >= 4 is 5.82 Å². The molecule has 0 aromatic carbocycles. The topological polar surface area (TPSA) is 73.1 Å². The standard InChI is InChI=1S/C15H26N4O/c1-11(2)20-14-9-17-8-13(18-14)19-15(10-16)6-4-5-12(3)7-15/h8-9,11-12H,4-7,10,16H2,1-3H3,(H,18,19). The van der Waals surface area contributed by atoms with Crippen molar-refractivity contribution in [1.29, 1.82) is 0 Å². The highest BCUT2D eigenvalue weighted by Gasteiger charge is 2.34. The highest BCUT2D eigenvalue weighted by molar-refractivity contribution is 5.37. The summed E-state index contributed by atoms with van der Waals surface area (Å²) in [5, 5.41) is 3.51. The molecule has 2 atom stereocenters. The highest BCUT2D eigenvalue weighted by Crippen LogP contribution is 2.34. The number of nitrogens with zero attached hydrogens (tertiary/aromatic N) is 2. The quantitative estimate of drug-likeness (QED) is 0.866. The highest BCUT2D eigenvalue weighted by atomic mass is 16.5. The maximum Gasteiger partial charge on any atom is 0.234 e. The summed E-state index contributed by atoms with van der Waals surface area (Å²) >= 11 is 0. The monoisotopic (exact) mass is 278 g/mol. The third-order valence-electron chi connectivity index (χ3n) is 3.84. The Balaban J connectivity index is 2.11. The van der Waals surface area contributed by atoms with E-state index in [1.165, 1.54) is 12.8 Å². The molecule has 5 nitrogen and oxygen atoms in total. The van der Waals surface area contributed by atoms with Crippen LogP contribution in [-0.4, -0.2) is 28.2 Å². The van der Waals surface area contributed by atoms with Crippen molar-refractivity contribution < 1.29 is 4.74 Å². The van der Waals surface area contributed by atoms with E-state index in [9.17, 15) is 0 Å². The molecule has 0 radical (unpaired) electrons. The molecule has 2 unspecified atom stereocenters. The Morgan fingerprint density at radius 3 is 2.95 bits per heavy atom. The van der Waals surface area contributed by atoms with Crippen molar-refractivity contribution in [1.82, 2.24) is 9.97 Å². The summed E-state index contributed by atoms with van der Waals surface area (Å²) in [6.07, 6.45) is 8.14. The number of hydrogen-bond donors (Lipinski definition) is 2. The summed E-state index contributed by atoms with van der Waals surface area (Å²) < 4.78 is 5.59. The van der Waals surface area contributed by atoms with Crippen LogP contribution in [0.1, 0.15) is 46.5 Å². The minimum atomic E-state index is -0.0528. The Morgan fingerprint density at radius 2 is 2.30 bits per heavy atom. The summed E-state index contributed by atoms with van der Waals surface area (Å²) in [4.78, 5) is 8.67. The van der Waals surface area contributed by atoms with E-state index in [2.05, 4.69) is 22.2 Å². The number of ether oxygens (including phenoxy) is 1. The zero-order chi connectivity index (χ0) is 14.6. The molecule has 1 heterocycles. The fraction of sp³-hybridized carbons (Fsp3) is 0.733. The molecule has 0 spiro atoms. The molecule has 1 saturated carbocycles. The molecule has 2 rings (SSSR count). The van der Waals surface area contributed by atoms with Gasteiger partial charge in [-0.25, -0.2) is 0 Å². The van der Waals surface area contributed by atoms with E-state index in [1.54, 1.807) is 12.4 Å². The van der Waals surface area contributed by atoms with Crippen molar-refractivity contribution in [2.24, 2.45) is 11.7 Å². The number of hydrogen-bond acceptors (Lipinski definition) is 5. The zero-order valence-electron chi connectivity index (χ0n) is 12.7. The Bertz CT molecular complexity index is 438. The number of aromatic nitrogens is 2. The Morgan fingerprint density at radius 1 is 1.50 bits per heavy atom. The van der Waals surface area contributed by atoms with Gasteiger partial charge in [-0.3, -0.25) is 4.98 Å². The average molecular weight is 278 g/mol. The lowest BCUT2D eigenvalue weighted by Gasteiger charge is -2.40. The van der Waals surface area contributed by atoms with Crippen LogP contribution in [0, 0.1) is 5.92 Å². The predicted molar refractivity (Wildman–Crippen MR) is 80.8 cm³/mol. The lowest BCUT2D eigenvalue weighted by atomic mass is 9.76. The molecule has 3 N–H and O–H groups in total. The van der Waals surface area contributed by atoms with Crippen molar-refractivity contribution in [2.45, 2.75) is 58.1 Å². The third-order valence-corrected chi connectivity index (χ3v) is 3.84. The van der Waals surface area contributed by atoms with Crippen molar-refractivity contribution in [3.63, 3.8) is 0 Å². The van der Waals surface area contributed by atoms with Gasteiger partial charge in [0.1, 0.15) is 5.82 Å². The van der Waals surface area contributed by atoms with E-state index in [4.69, 9.17) is 10.5 Å². The van der Waals surface area contributed by atoms with Crippen molar-refractivity contribution in [3.05, 3.63) is 12.4 Å². The largest absolute Gasteiger partial charge is 0.474 e. The maximum absolute atomic E-state index is 6.03. The summed E-state index contributed by atoms with van der Waals surface area (Å²) in [5.41, 5.74) is 5.97. The summed E-state index contributed by atoms with van der Waals surface area (Å²) in [6.45, 7) is 6.86. The first-order chi connectivity index (χ1) is 9.53. The second-order valence-corrected chi connectivity index (χ2v) is 6.22. The summed E-state index contributed by atoms with van der Waals surface area (Å²) in [5.74, 6) is 2.01. The van der Waals surface area contributed by atoms with Crippen LogP contribution in [0.3, 0.4) is 0 Å². The van der Waals surface area contributed by atoms with Crippen LogP contribution in [0.15, 0.2) is 12.4 Å². The second kappa shape index (κ2) is 6.39. The molecular formula is C15H26N4O. The average Bonchev–Trinajstić information content (AvgIpc) is 2.38. The van der Waals surface area contributed by atoms with Gasteiger partial charge in [-0.2, -0.15) is 4.98 Å². The van der Waals surface area contributed by atoms with Crippen LogP contribution >= 0.6 is 0 Å². The number of nitrogens with two attached hydrogens (primary N) is 1. The molecule has 0 saturated heterocycles. The molecule has 0 aliphatic heterocycles. The third kappa shape index (κ3) is 3.82. The van der Waals surface area contributed by atoms with E-state index < -0.39 is 0 Å². The Hall–Kier alpha value is -1.36. The van der Waals surface area contributed by atoms with Gasteiger partial charge in [0.15, 0.2) is 0 Å². The van der Waals surface area contributed by atoms with E-state index in [0.29, 0.717) is 18.3 Å². The van der Waals surface area contributed by atoms with Gasteiger partial charge in [0.05, 0.1) is 24.0 Å². The molecule has 1 aliphatic rings. The van der Waals surface area contributed by atoms with Crippen LogP contribution < -0.4 is 15.8 Å². The maximum atomic E-state index is 6.03. The molecule has 1 aliphatic carbocycles. The molecule has 0 amide bonds. The molecular weight excluding hydrogens is 252 g/mol. The van der Waals surface area contributed by atoms with E-state index in [0.717, 1.165) is 18.7 Å². The van der Waals surface area contributed by atoms with Gasteiger partial charge in [-0.05, 0) is 32.6 Å². The Labute approximate surface area is 121 Å². The first-order valence-corrected chi connectivity index (χ1v) is 7.50. The van der Waals surface area contributed by atoms with Crippen LogP contribution in [0.5, 0.6) is 5.88 Å². The van der Waals surface area contributed by atoms with Crippen LogP contribution in [0.25, 0.3) is 0 Å². The SMILES string of the molecule is CC1CCCC(CN)(Nc2cncc(OC(C)C)n2)C1. The van der Waals surface area contributed by atoms with Crippen LogP contribution in [0.4, 0.5) is 5.82 Å². The van der Waals surface area contributed by atoms with Gasteiger partial charge in [-0.15, -0.1) is 0 Å². The van der Waals surface area contributed by atoms with Crippen molar-refractivity contribution in [2.75, 3.05) is 11.9 Å². The summed E-state index contributed by atoms with van der Waals surface area (Å²) in [7, 11) is 0. The lowest BCUT2D eigenvalue weighted by Crippen LogP contribution is -2.48. The summed E-state index contributed by atoms with van der Waals surface area (Å²) in [6, 6.07) is 0. The van der Waals surface area contributed by atoms with Gasteiger partial charge in [0.25, 0.3) is 0 Å². The molecule has 112 valence electrons. The van der Waals surface area contributed by atoms with Gasteiger partial charge in [0, 0.05) is 6.54 Å². The molecule has 5 heteroatoms. The predicted octanol–water partition coefficient (Wildman–Crippen LogP) is 2.58. The Kier molecular flexibility index (Phi) is 4.81. The second-order valence-electron chi connectivity index (χ2n) is 6.22. The number of nitrogens with one attached hydrogen (secondary N) is 1. The van der Waals surface area contributed by atoms with Gasteiger partial charge in [-0.1, -0.05) is 19.8 Å². The van der Waals surface area contributed by atoms with Crippen LogP contribution in [-0.2, 0) is 0 Å². The minimum Gasteiger partial charge on any atom is -0.474 e. The zero-order valence-corrected chi connectivity index (χ0v) is 12.7. The number of rotatable bonds is 5. The minimum absolute atomic E-state index is 0.0528. The molecule has 20 heavy (non-hydrogen) atoms. The van der Waals surface area contributed by atoms with Crippen molar-refractivity contribution in [3.8, 4) is 5.88 Å². The fourth-order valence-electron chi connectivity index (χ4n) is 2.99. The smallest absolute Gasteiger partial charge is 0.234 e. The van der Waals surface area contributed by atoms with E-state index in [1.807, 2.05) is 13.8 Å². The van der Waals surface area contributed by atoms with E-state index in [-0.39, 0.29) is 11.6 Å². The van der Waals surface area contributed by atoms with Gasteiger partial charge >= 0.3 is 0 Å². The molecule has 1 fully saturated rings. The van der Waals surface area contributed by atoms with Gasteiger partial charge in [0.2, 0.25) is 5.88 Å². The molecule has 1 aromatic rings. The molecule has 1 aromatic heterocycles. The van der Waals surface area contributed by atoms with Gasteiger partial charge < -0.3 is 15.8 Å². The first-order valence-electron chi connectivity index (χ1n) is 7.50. The van der Waals surface area contributed by atoms with E-state index >= 15 is 0 Å². The number of anilines is 1. The molecule has 0 bridgehead atoms. The fourth-order valence-corrected chi connectivity index (χ4v) is 2.99. The van der Waals surface area contributed by atoms with Crippen LogP contribution in [0.2, 0.25) is 0 Å².